The number of benzene rings is 2. The molecule has 0 bridgehead atoms. The summed E-state index contributed by atoms with van der Waals surface area (Å²) in [6, 6.07) is 22.4. The molecule has 1 saturated heterocycles. The molecule has 0 unspecified atom stereocenters. The Balaban J connectivity index is 1.66. The molecule has 2 aromatic heterocycles. The molecular weight excluding hydrogens is 438 g/mol. The highest BCUT2D eigenvalue weighted by molar-refractivity contribution is 7.80. The molecule has 1 aliphatic rings. The van der Waals surface area contributed by atoms with Crippen LogP contribution in [0.15, 0.2) is 91.3 Å². The lowest BCUT2D eigenvalue weighted by Gasteiger charge is -2.29. The largest absolute Gasteiger partial charge is 0.508 e. The van der Waals surface area contributed by atoms with Crippen LogP contribution >= 0.6 is 12.2 Å². The number of phenolic OH excluding ortho intramolecular Hbond substituents is 1. The van der Waals surface area contributed by atoms with Crippen LogP contribution in [0.1, 0.15) is 23.5 Å². The quantitative estimate of drug-likeness (QED) is 0.256. The lowest BCUT2D eigenvalue weighted by Crippen LogP contribution is -2.30. The molecule has 0 aliphatic carbocycles. The summed E-state index contributed by atoms with van der Waals surface area (Å²) in [5.74, 6) is 0.162. The number of hydrogen-bond donors (Lipinski definition) is 2. The number of aromatic hydroxyl groups is 1. The smallest absolute Gasteiger partial charge is 0.271 e. The minimum Gasteiger partial charge on any atom is -0.508 e. The highest BCUT2D eigenvalue weighted by Gasteiger charge is 2.42. The number of nitro groups is 1. The zero-order chi connectivity index (χ0) is 22.9. The second kappa shape index (κ2) is 8.36. The standard InChI is InChI=1S/C24H19N5O3S/c30-19-11-9-16(10-12-19)28-23(22(26-24(28)33)20-7-1-2-13-25-20)21-8-4-14-27(21)17-5-3-6-18(15-17)29(31)32/h1-15,22-23,30H,(H,26,33)/t22-,23+/m0/s1. The number of nitro benzene ring substituents is 1. The zero-order valence-electron chi connectivity index (χ0n) is 17.3. The maximum absolute atomic E-state index is 11.3. The van der Waals surface area contributed by atoms with Crippen molar-refractivity contribution in [1.82, 2.24) is 14.9 Å². The predicted molar refractivity (Wildman–Crippen MR) is 128 cm³/mol. The molecule has 0 amide bonds. The summed E-state index contributed by atoms with van der Waals surface area (Å²) in [7, 11) is 0. The number of nitrogens with one attached hydrogen (secondary N) is 1. The van der Waals surface area contributed by atoms with E-state index in [1.54, 1.807) is 42.6 Å². The molecule has 8 nitrogen and oxygen atoms in total. The fraction of sp³-hybridized carbons (Fsp3) is 0.0833. The topological polar surface area (TPSA) is 96.5 Å². The molecule has 0 saturated carbocycles. The third-order valence-corrected chi connectivity index (χ3v) is 5.94. The molecular formula is C24H19N5O3S. The molecule has 2 aromatic carbocycles. The Bertz CT molecular complexity index is 1320. The SMILES string of the molecule is O=[N+]([O-])c1cccc(-n2cccc2[C@@H]2[C@H](c3ccccn3)NC(=S)N2c2ccc(O)cc2)c1. The molecule has 9 heteroatoms. The highest BCUT2D eigenvalue weighted by atomic mass is 32.1. The Morgan fingerprint density at radius 2 is 1.82 bits per heavy atom. The number of pyridine rings is 1. The van der Waals surface area contributed by atoms with Crippen LogP contribution in [0.25, 0.3) is 5.69 Å². The van der Waals surface area contributed by atoms with Gasteiger partial charge in [0.2, 0.25) is 0 Å². The van der Waals surface area contributed by atoms with Crippen molar-refractivity contribution >= 4 is 28.7 Å². The van der Waals surface area contributed by atoms with E-state index in [1.165, 1.54) is 6.07 Å². The van der Waals surface area contributed by atoms with Gasteiger partial charge in [0.15, 0.2) is 5.11 Å². The van der Waals surface area contributed by atoms with Crippen LogP contribution < -0.4 is 10.2 Å². The van der Waals surface area contributed by atoms with E-state index in [4.69, 9.17) is 12.2 Å². The normalized spacial score (nSPS) is 17.7. The number of thiocarbonyl (C=S) groups is 1. The third kappa shape index (κ3) is 3.79. The van der Waals surface area contributed by atoms with E-state index in [0.29, 0.717) is 10.8 Å². The monoisotopic (exact) mass is 457 g/mol. The fourth-order valence-electron chi connectivity index (χ4n) is 4.17. The Labute approximate surface area is 194 Å². The van der Waals surface area contributed by atoms with Crippen molar-refractivity contribution in [2.45, 2.75) is 12.1 Å². The number of phenols is 1. The summed E-state index contributed by atoms with van der Waals surface area (Å²) >= 11 is 5.72. The molecule has 5 rings (SSSR count). The highest BCUT2D eigenvalue weighted by Crippen LogP contribution is 2.42. The average Bonchev–Trinajstić information content (AvgIpc) is 3.44. The van der Waals surface area contributed by atoms with Gasteiger partial charge in [-0.25, -0.2) is 0 Å². The zero-order valence-corrected chi connectivity index (χ0v) is 18.1. The van der Waals surface area contributed by atoms with Crippen molar-refractivity contribution in [2.75, 3.05) is 4.90 Å². The number of nitrogens with zero attached hydrogens (tertiary/aromatic N) is 4. The van der Waals surface area contributed by atoms with Gasteiger partial charge in [-0.3, -0.25) is 15.1 Å². The third-order valence-electron chi connectivity index (χ3n) is 5.63. The lowest BCUT2D eigenvalue weighted by atomic mass is 10.0. The van der Waals surface area contributed by atoms with Crippen molar-refractivity contribution in [3.63, 3.8) is 0 Å². The van der Waals surface area contributed by atoms with Crippen LogP contribution in [-0.2, 0) is 0 Å². The van der Waals surface area contributed by atoms with Gasteiger partial charge in [-0.05, 0) is 66.8 Å². The summed E-state index contributed by atoms with van der Waals surface area (Å²) in [5.41, 5.74) is 3.20. The van der Waals surface area contributed by atoms with Crippen LogP contribution in [0.4, 0.5) is 11.4 Å². The molecule has 0 spiro atoms. The van der Waals surface area contributed by atoms with Gasteiger partial charge in [0, 0.05) is 35.9 Å². The Morgan fingerprint density at radius 1 is 1.00 bits per heavy atom. The predicted octanol–water partition coefficient (Wildman–Crippen LogP) is 4.66. The maximum Gasteiger partial charge on any atom is 0.271 e. The average molecular weight is 458 g/mol. The van der Waals surface area contributed by atoms with E-state index in [2.05, 4.69) is 10.3 Å². The van der Waals surface area contributed by atoms with Crippen molar-refractivity contribution in [2.24, 2.45) is 0 Å². The van der Waals surface area contributed by atoms with E-state index in [1.807, 2.05) is 52.1 Å². The molecule has 0 radical (unpaired) electrons. The van der Waals surface area contributed by atoms with Gasteiger partial charge in [-0.1, -0.05) is 12.1 Å². The van der Waals surface area contributed by atoms with Gasteiger partial charge in [-0.15, -0.1) is 0 Å². The summed E-state index contributed by atoms with van der Waals surface area (Å²) < 4.78 is 1.93. The number of anilines is 1. The van der Waals surface area contributed by atoms with Crippen LogP contribution in [0, 0.1) is 10.1 Å². The Morgan fingerprint density at radius 3 is 2.55 bits per heavy atom. The maximum atomic E-state index is 11.3. The Kier molecular flexibility index (Phi) is 5.23. The van der Waals surface area contributed by atoms with Crippen molar-refractivity contribution < 1.29 is 10.0 Å². The van der Waals surface area contributed by atoms with Gasteiger partial charge in [0.25, 0.3) is 5.69 Å². The number of rotatable bonds is 5. The summed E-state index contributed by atoms with van der Waals surface area (Å²) in [4.78, 5) is 17.5. The van der Waals surface area contributed by atoms with Crippen molar-refractivity contribution in [1.29, 1.82) is 0 Å². The molecule has 33 heavy (non-hydrogen) atoms. The van der Waals surface area contributed by atoms with Gasteiger partial charge < -0.3 is 19.9 Å². The molecule has 2 N–H and O–H groups in total. The van der Waals surface area contributed by atoms with Gasteiger partial charge in [-0.2, -0.15) is 0 Å². The second-order valence-corrected chi connectivity index (χ2v) is 7.98. The van der Waals surface area contributed by atoms with Gasteiger partial charge in [0.05, 0.1) is 22.3 Å². The van der Waals surface area contributed by atoms with Crippen molar-refractivity contribution in [3.8, 4) is 11.4 Å². The van der Waals surface area contributed by atoms with Crippen molar-refractivity contribution in [3.05, 3.63) is 113 Å². The van der Waals surface area contributed by atoms with E-state index in [9.17, 15) is 15.2 Å². The fourth-order valence-corrected chi connectivity index (χ4v) is 4.52. The van der Waals surface area contributed by atoms with Crippen LogP contribution in [0.5, 0.6) is 5.75 Å². The van der Waals surface area contributed by atoms with E-state index < -0.39 is 4.92 Å². The van der Waals surface area contributed by atoms with Gasteiger partial charge >= 0.3 is 0 Å². The molecule has 4 aromatic rings. The van der Waals surface area contributed by atoms with E-state index >= 15 is 0 Å². The van der Waals surface area contributed by atoms with Gasteiger partial charge in [0.1, 0.15) is 11.8 Å². The second-order valence-electron chi connectivity index (χ2n) is 7.59. The first-order valence-corrected chi connectivity index (χ1v) is 10.7. The number of non-ortho nitro benzene ring substituents is 1. The molecule has 2 atom stereocenters. The molecule has 1 aliphatic heterocycles. The number of hydrogen-bond acceptors (Lipinski definition) is 5. The first kappa shape index (κ1) is 20.7. The van der Waals surface area contributed by atoms with Crippen LogP contribution in [-0.4, -0.2) is 24.7 Å². The summed E-state index contributed by atoms with van der Waals surface area (Å²) in [5, 5.41) is 25.0. The van der Waals surface area contributed by atoms with E-state index in [-0.39, 0.29) is 23.5 Å². The van der Waals surface area contributed by atoms with E-state index in [0.717, 1.165) is 17.1 Å². The summed E-state index contributed by atoms with van der Waals surface area (Å²) in [6.07, 6.45) is 3.61. The molecule has 164 valence electrons. The molecule has 3 heterocycles. The minimum atomic E-state index is -0.404. The first-order valence-electron chi connectivity index (χ1n) is 10.2. The van der Waals surface area contributed by atoms with Crippen LogP contribution in [0.2, 0.25) is 0 Å². The number of aromatic nitrogens is 2. The molecule has 1 fully saturated rings. The summed E-state index contributed by atoms with van der Waals surface area (Å²) in [6.45, 7) is 0. The Hall–Kier alpha value is -4.24. The lowest BCUT2D eigenvalue weighted by molar-refractivity contribution is -0.384. The minimum absolute atomic E-state index is 0.0175. The van der Waals surface area contributed by atoms with Crippen LogP contribution in [0.3, 0.4) is 0 Å². The first-order chi connectivity index (χ1) is 16.0.